The van der Waals surface area contributed by atoms with Crippen molar-refractivity contribution in [3.8, 4) is 0 Å². The second-order valence-electron chi connectivity index (χ2n) is 3.71. The Morgan fingerprint density at radius 2 is 2.00 bits per heavy atom. The van der Waals surface area contributed by atoms with Crippen LogP contribution in [0.5, 0.6) is 0 Å². The van der Waals surface area contributed by atoms with Gasteiger partial charge in [0.25, 0.3) is 0 Å². The summed E-state index contributed by atoms with van der Waals surface area (Å²) in [7, 11) is 0. The molecule has 1 nitrogen and oxygen atoms in total. The molecule has 56 valence electrons. The third-order valence-corrected chi connectivity index (χ3v) is 3.98. The van der Waals surface area contributed by atoms with Crippen LogP contribution in [-0.2, 0) is 0 Å². The molecule has 1 aliphatic heterocycles. The molecule has 1 heterocycles. The Morgan fingerprint density at radius 3 is 2.11 bits per heavy atom. The van der Waals surface area contributed by atoms with Gasteiger partial charge in [0.05, 0.1) is 0 Å². The molecule has 0 spiro atoms. The van der Waals surface area contributed by atoms with Gasteiger partial charge in [-0.3, -0.25) is 0 Å². The van der Waals surface area contributed by atoms with Crippen LogP contribution in [0.2, 0.25) is 0 Å². The van der Waals surface area contributed by atoms with Crippen LogP contribution in [0.3, 0.4) is 0 Å². The summed E-state index contributed by atoms with van der Waals surface area (Å²) in [6, 6.07) is 0. The Kier molecular flexibility index (Phi) is 2.37. The van der Waals surface area contributed by atoms with E-state index in [9.17, 15) is 0 Å². The Hall–Kier alpha value is 0.690. The SMILES string of the molecule is CC(C)(C)CN1CC[I-]1. The average molecular weight is 240 g/mol. The molecule has 0 amide bonds. The quantitative estimate of drug-likeness (QED) is 0.301. The minimum absolute atomic E-state index is 0.493. The first-order valence-corrected chi connectivity index (χ1v) is 5.91. The van der Waals surface area contributed by atoms with E-state index in [1.54, 1.807) is 0 Å². The van der Waals surface area contributed by atoms with Crippen molar-refractivity contribution in [2.45, 2.75) is 20.8 Å². The van der Waals surface area contributed by atoms with Crippen molar-refractivity contribution < 1.29 is 21.5 Å². The van der Waals surface area contributed by atoms with Crippen LogP contribution < -0.4 is 21.5 Å². The normalized spacial score (nSPS) is 22.6. The van der Waals surface area contributed by atoms with Gasteiger partial charge in [0, 0.05) is 0 Å². The van der Waals surface area contributed by atoms with Crippen LogP contribution in [0.25, 0.3) is 0 Å². The van der Waals surface area contributed by atoms with Crippen LogP contribution in [0, 0.1) is 5.41 Å². The van der Waals surface area contributed by atoms with Gasteiger partial charge >= 0.3 is 68.3 Å². The van der Waals surface area contributed by atoms with Crippen molar-refractivity contribution >= 4 is 0 Å². The van der Waals surface area contributed by atoms with Gasteiger partial charge in [-0.2, -0.15) is 0 Å². The number of hydrogen-bond donors (Lipinski definition) is 0. The van der Waals surface area contributed by atoms with E-state index < -0.39 is 0 Å². The third-order valence-electron chi connectivity index (χ3n) is 1.23. The van der Waals surface area contributed by atoms with E-state index in [1.807, 2.05) is 0 Å². The monoisotopic (exact) mass is 240 g/mol. The molecule has 0 N–H and O–H groups in total. The van der Waals surface area contributed by atoms with Crippen molar-refractivity contribution in [3.05, 3.63) is 0 Å². The predicted octanol–water partition coefficient (Wildman–Crippen LogP) is -1.65. The molecule has 9 heavy (non-hydrogen) atoms. The van der Waals surface area contributed by atoms with Gasteiger partial charge in [0.2, 0.25) is 0 Å². The van der Waals surface area contributed by atoms with Crippen molar-refractivity contribution in [1.29, 1.82) is 0 Å². The Labute approximate surface area is 68.4 Å². The van der Waals surface area contributed by atoms with Crippen LogP contribution in [0.1, 0.15) is 20.8 Å². The second-order valence-corrected chi connectivity index (χ2v) is 6.84. The van der Waals surface area contributed by atoms with Gasteiger partial charge in [-0.15, -0.1) is 0 Å². The van der Waals surface area contributed by atoms with E-state index in [2.05, 4.69) is 23.9 Å². The molecule has 0 radical (unpaired) electrons. The van der Waals surface area contributed by atoms with Crippen LogP contribution in [0.15, 0.2) is 0 Å². The first-order chi connectivity index (χ1) is 4.08. The molecule has 0 aromatic heterocycles. The van der Waals surface area contributed by atoms with E-state index in [-0.39, 0.29) is 0 Å². The zero-order chi connectivity index (χ0) is 6.91. The van der Waals surface area contributed by atoms with E-state index in [0.717, 1.165) is 0 Å². The molecular weight excluding hydrogens is 225 g/mol. The van der Waals surface area contributed by atoms with Crippen LogP contribution >= 0.6 is 0 Å². The Morgan fingerprint density at radius 1 is 1.44 bits per heavy atom. The fourth-order valence-electron chi connectivity index (χ4n) is 0.840. The van der Waals surface area contributed by atoms with Gasteiger partial charge in [0.1, 0.15) is 0 Å². The van der Waals surface area contributed by atoms with Crippen LogP contribution in [-0.4, -0.2) is 20.6 Å². The zero-order valence-corrected chi connectivity index (χ0v) is 8.60. The fourth-order valence-corrected chi connectivity index (χ4v) is 3.27. The molecule has 1 aliphatic rings. The first kappa shape index (κ1) is 7.79. The molecule has 0 aromatic carbocycles. The molecule has 0 saturated carbocycles. The molecular formula is C7H15IN-. The van der Waals surface area contributed by atoms with Gasteiger partial charge in [-0.05, 0) is 0 Å². The fraction of sp³-hybridized carbons (Fsp3) is 1.00. The molecule has 1 saturated heterocycles. The van der Waals surface area contributed by atoms with Crippen molar-refractivity contribution in [1.82, 2.24) is 3.11 Å². The summed E-state index contributed by atoms with van der Waals surface area (Å²) in [5, 5.41) is 0. The van der Waals surface area contributed by atoms with Gasteiger partial charge in [0.15, 0.2) is 0 Å². The van der Waals surface area contributed by atoms with E-state index >= 15 is 0 Å². The topological polar surface area (TPSA) is 3.24 Å². The molecule has 1 rings (SSSR count). The van der Waals surface area contributed by atoms with Crippen LogP contribution in [0.4, 0.5) is 0 Å². The average Bonchev–Trinajstić information content (AvgIpc) is 1.53. The Bertz CT molecular complexity index is 91.6. The first-order valence-electron chi connectivity index (χ1n) is 3.42. The summed E-state index contributed by atoms with van der Waals surface area (Å²) in [4.78, 5) is 0. The van der Waals surface area contributed by atoms with Gasteiger partial charge < -0.3 is 0 Å². The van der Waals surface area contributed by atoms with E-state index in [0.29, 0.717) is 26.9 Å². The maximum atomic E-state index is 2.62. The molecule has 1 fully saturated rings. The molecule has 0 bridgehead atoms. The molecule has 0 unspecified atom stereocenters. The second kappa shape index (κ2) is 2.74. The summed E-state index contributed by atoms with van der Waals surface area (Å²) in [5.74, 6) is 0. The number of alkyl halides is 1. The number of halogens is 1. The zero-order valence-electron chi connectivity index (χ0n) is 6.45. The van der Waals surface area contributed by atoms with E-state index in [4.69, 9.17) is 0 Å². The number of nitrogens with zero attached hydrogens (tertiary/aromatic N) is 1. The molecule has 0 aliphatic carbocycles. The number of rotatable bonds is 1. The minimum atomic E-state index is 0.493. The summed E-state index contributed by atoms with van der Waals surface area (Å²) in [6.45, 7) is 9.64. The summed E-state index contributed by atoms with van der Waals surface area (Å²) in [6.07, 6.45) is 0. The maximum absolute atomic E-state index is 2.62. The number of hydrogen-bond acceptors (Lipinski definition) is 1. The van der Waals surface area contributed by atoms with E-state index in [1.165, 1.54) is 17.5 Å². The Balaban J connectivity index is 2.16. The molecule has 0 aromatic rings. The standard InChI is InChI=1S/C7H15IN/c1-7(2,3)6-9-5-4-8-9/h4-6H2,1-3H3/q-1. The molecule has 0 atom stereocenters. The third kappa shape index (κ3) is 2.85. The molecule has 2 heteroatoms. The van der Waals surface area contributed by atoms with Gasteiger partial charge in [-0.25, -0.2) is 0 Å². The van der Waals surface area contributed by atoms with Gasteiger partial charge in [-0.1, -0.05) is 0 Å². The van der Waals surface area contributed by atoms with Crippen molar-refractivity contribution in [3.63, 3.8) is 0 Å². The summed E-state index contributed by atoms with van der Waals surface area (Å²) in [5.41, 5.74) is 0.528. The van der Waals surface area contributed by atoms with Crippen molar-refractivity contribution in [2.24, 2.45) is 5.41 Å². The predicted molar refractivity (Wildman–Crippen MR) is 35.9 cm³/mol. The van der Waals surface area contributed by atoms with Crippen molar-refractivity contribution in [2.75, 3.05) is 17.5 Å². The summed E-state index contributed by atoms with van der Waals surface area (Å²) < 4.78 is 4.15. The summed E-state index contributed by atoms with van der Waals surface area (Å²) >= 11 is 0.493.